The molecule has 0 unspecified atom stereocenters. The minimum Gasteiger partial charge on any atom is -0.384 e. The maximum Gasteiger partial charge on any atom is 0.0405 e. The van der Waals surface area contributed by atoms with Crippen molar-refractivity contribution in [2.75, 3.05) is 11.9 Å². The summed E-state index contributed by atoms with van der Waals surface area (Å²) in [6, 6.07) is 6.58. The average molecular weight is 177 g/mol. The van der Waals surface area contributed by atoms with Gasteiger partial charge in [0.25, 0.3) is 0 Å². The lowest BCUT2D eigenvalue weighted by atomic mass is 10.1. The van der Waals surface area contributed by atoms with Gasteiger partial charge in [0.2, 0.25) is 0 Å². The molecule has 72 valence electrons. The van der Waals surface area contributed by atoms with E-state index in [0.29, 0.717) is 0 Å². The van der Waals surface area contributed by atoms with Gasteiger partial charge in [0.15, 0.2) is 0 Å². The summed E-state index contributed by atoms with van der Waals surface area (Å²) in [7, 11) is 0. The molecule has 1 heteroatoms. The molecule has 0 spiro atoms. The Morgan fingerprint density at radius 1 is 1.31 bits per heavy atom. The standard InChI is InChI=1S/C10H13N.C2H6/c1-2-8-4-3-5-9-6-7-11-10(8)9;1-2/h3-5,11H,2,6-7H2,1H3;1-2H3. The van der Waals surface area contributed by atoms with E-state index in [0.717, 1.165) is 13.0 Å². The maximum absolute atomic E-state index is 3.42. The van der Waals surface area contributed by atoms with Crippen LogP contribution in [-0.4, -0.2) is 6.54 Å². The second-order valence-electron chi connectivity index (χ2n) is 2.98. The fraction of sp³-hybridized carbons (Fsp3) is 0.500. The van der Waals surface area contributed by atoms with E-state index in [1.54, 1.807) is 0 Å². The molecule has 0 atom stereocenters. The van der Waals surface area contributed by atoms with Crippen molar-refractivity contribution in [1.82, 2.24) is 0 Å². The van der Waals surface area contributed by atoms with Gasteiger partial charge in [-0.3, -0.25) is 0 Å². The Balaban J connectivity index is 0.000000396. The predicted octanol–water partition coefficient (Wildman–Crippen LogP) is 3.24. The number of hydrogen-bond acceptors (Lipinski definition) is 1. The van der Waals surface area contributed by atoms with Crippen LogP contribution in [0.25, 0.3) is 0 Å². The summed E-state index contributed by atoms with van der Waals surface area (Å²) in [5.41, 5.74) is 4.35. The van der Waals surface area contributed by atoms with Crippen LogP contribution in [0.1, 0.15) is 31.9 Å². The van der Waals surface area contributed by atoms with Gasteiger partial charge in [-0.25, -0.2) is 0 Å². The Bertz CT molecular complexity index is 266. The number of hydrogen-bond donors (Lipinski definition) is 1. The van der Waals surface area contributed by atoms with Crippen LogP contribution in [0.2, 0.25) is 0 Å². The van der Waals surface area contributed by atoms with Crippen molar-refractivity contribution < 1.29 is 0 Å². The number of fused-ring (bicyclic) bond motifs is 1. The molecule has 1 aromatic carbocycles. The second-order valence-corrected chi connectivity index (χ2v) is 2.98. The van der Waals surface area contributed by atoms with Crippen LogP contribution in [0.4, 0.5) is 5.69 Å². The molecule has 1 aliphatic heterocycles. The first-order valence-corrected chi connectivity index (χ1v) is 5.26. The van der Waals surface area contributed by atoms with E-state index in [-0.39, 0.29) is 0 Å². The zero-order valence-corrected chi connectivity index (χ0v) is 8.85. The summed E-state index contributed by atoms with van der Waals surface area (Å²) in [5, 5.41) is 3.42. The molecule has 1 N–H and O–H groups in total. The van der Waals surface area contributed by atoms with E-state index in [1.165, 1.54) is 23.2 Å². The van der Waals surface area contributed by atoms with Crippen LogP contribution >= 0.6 is 0 Å². The molecule has 0 amide bonds. The van der Waals surface area contributed by atoms with Gasteiger partial charge in [-0.05, 0) is 24.0 Å². The molecule has 1 heterocycles. The molecule has 0 aliphatic carbocycles. The van der Waals surface area contributed by atoms with Crippen LogP contribution in [0.3, 0.4) is 0 Å². The van der Waals surface area contributed by atoms with Crippen molar-refractivity contribution in [3.8, 4) is 0 Å². The topological polar surface area (TPSA) is 12.0 Å². The minimum absolute atomic E-state index is 1.12. The molecular weight excluding hydrogens is 158 g/mol. The predicted molar refractivity (Wildman–Crippen MR) is 59.4 cm³/mol. The highest BCUT2D eigenvalue weighted by Crippen LogP contribution is 2.26. The molecule has 1 aliphatic rings. The molecular formula is C12H19N. The van der Waals surface area contributed by atoms with Gasteiger partial charge in [0, 0.05) is 12.2 Å². The van der Waals surface area contributed by atoms with E-state index in [4.69, 9.17) is 0 Å². The van der Waals surface area contributed by atoms with Crippen LogP contribution in [-0.2, 0) is 12.8 Å². The Hall–Kier alpha value is -0.980. The highest BCUT2D eigenvalue weighted by molar-refractivity contribution is 5.61. The number of rotatable bonds is 1. The molecule has 2 rings (SSSR count). The van der Waals surface area contributed by atoms with E-state index >= 15 is 0 Å². The maximum atomic E-state index is 3.42. The highest BCUT2D eigenvalue weighted by Gasteiger charge is 2.11. The third-order valence-corrected chi connectivity index (χ3v) is 2.31. The van der Waals surface area contributed by atoms with Crippen LogP contribution in [0.5, 0.6) is 0 Å². The lowest BCUT2D eigenvalue weighted by Gasteiger charge is -2.04. The normalized spacial score (nSPS) is 12.5. The molecule has 13 heavy (non-hydrogen) atoms. The van der Waals surface area contributed by atoms with E-state index in [1.807, 2.05) is 13.8 Å². The summed E-state index contributed by atoms with van der Waals surface area (Å²) < 4.78 is 0. The zero-order valence-electron chi connectivity index (χ0n) is 8.85. The van der Waals surface area contributed by atoms with Gasteiger partial charge in [0.05, 0.1) is 0 Å². The molecule has 1 nitrogen and oxygen atoms in total. The number of anilines is 1. The van der Waals surface area contributed by atoms with Crippen molar-refractivity contribution in [2.24, 2.45) is 0 Å². The van der Waals surface area contributed by atoms with Gasteiger partial charge in [-0.1, -0.05) is 39.0 Å². The SMILES string of the molecule is CC.CCc1cccc2c1NCC2. The zero-order chi connectivity index (χ0) is 9.68. The first kappa shape index (κ1) is 10.1. The molecule has 0 saturated heterocycles. The monoisotopic (exact) mass is 177 g/mol. The number of nitrogens with one attached hydrogen (secondary N) is 1. The third-order valence-electron chi connectivity index (χ3n) is 2.31. The number of para-hydroxylation sites is 1. The molecule has 0 radical (unpaired) electrons. The first-order chi connectivity index (χ1) is 6.42. The minimum atomic E-state index is 1.12. The first-order valence-electron chi connectivity index (χ1n) is 5.26. The third kappa shape index (κ3) is 2.03. The fourth-order valence-corrected chi connectivity index (χ4v) is 1.71. The summed E-state index contributed by atoms with van der Waals surface area (Å²) in [5.74, 6) is 0. The van der Waals surface area contributed by atoms with E-state index < -0.39 is 0 Å². The van der Waals surface area contributed by atoms with E-state index in [9.17, 15) is 0 Å². The second kappa shape index (κ2) is 4.90. The van der Waals surface area contributed by atoms with Gasteiger partial charge in [0.1, 0.15) is 0 Å². The average Bonchev–Trinajstić information content (AvgIpc) is 2.68. The fourth-order valence-electron chi connectivity index (χ4n) is 1.71. The number of aryl methyl sites for hydroxylation is 1. The molecule has 0 saturated carbocycles. The van der Waals surface area contributed by atoms with Gasteiger partial charge in [-0.2, -0.15) is 0 Å². The quantitative estimate of drug-likeness (QED) is 0.694. The molecule has 0 fully saturated rings. The van der Waals surface area contributed by atoms with Crippen LogP contribution in [0, 0.1) is 0 Å². The number of benzene rings is 1. The highest BCUT2D eigenvalue weighted by atomic mass is 14.9. The Kier molecular flexibility index (Phi) is 3.81. The van der Waals surface area contributed by atoms with Crippen LogP contribution < -0.4 is 5.32 Å². The van der Waals surface area contributed by atoms with Gasteiger partial charge >= 0.3 is 0 Å². The molecule has 1 aromatic rings. The molecule has 0 bridgehead atoms. The Morgan fingerprint density at radius 2 is 2.08 bits per heavy atom. The van der Waals surface area contributed by atoms with Crippen molar-refractivity contribution in [1.29, 1.82) is 0 Å². The van der Waals surface area contributed by atoms with Gasteiger partial charge in [-0.15, -0.1) is 0 Å². The summed E-state index contributed by atoms with van der Waals surface area (Å²) in [4.78, 5) is 0. The molecule has 0 aromatic heterocycles. The summed E-state index contributed by atoms with van der Waals surface area (Å²) in [6.07, 6.45) is 2.33. The Morgan fingerprint density at radius 3 is 2.77 bits per heavy atom. The van der Waals surface area contributed by atoms with Crippen molar-refractivity contribution in [3.05, 3.63) is 29.3 Å². The van der Waals surface area contributed by atoms with E-state index in [2.05, 4.69) is 30.4 Å². The van der Waals surface area contributed by atoms with Crippen molar-refractivity contribution in [2.45, 2.75) is 33.6 Å². The summed E-state index contributed by atoms with van der Waals surface area (Å²) >= 11 is 0. The van der Waals surface area contributed by atoms with Crippen molar-refractivity contribution >= 4 is 5.69 Å². The Labute approximate surface area is 81.2 Å². The van der Waals surface area contributed by atoms with Crippen molar-refractivity contribution in [3.63, 3.8) is 0 Å². The largest absolute Gasteiger partial charge is 0.384 e. The lowest BCUT2D eigenvalue weighted by molar-refractivity contribution is 1.11. The van der Waals surface area contributed by atoms with Gasteiger partial charge < -0.3 is 5.32 Å². The lowest BCUT2D eigenvalue weighted by Crippen LogP contribution is -1.94. The van der Waals surface area contributed by atoms with Crippen LogP contribution in [0.15, 0.2) is 18.2 Å². The smallest absolute Gasteiger partial charge is 0.0405 e. The summed E-state index contributed by atoms with van der Waals surface area (Å²) in [6.45, 7) is 7.32.